The summed E-state index contributed by atoms with van der Waals surface area (Å²) in [6.45, 7) is 1.21. The van der Waals surface area contributed by atoms with Crippen molar-refractivity contribution in [3.63, 3.8) is 0 Å². The van der Waals surface area contributed by atoms with E-state index >= 15 is 0 Å². The smallest absolute Gasteiger partial charge is 0.119 e. The first-order valence-electron chi connectivity index (χ1n) is 12.1. The van der Waals surface area contributed by atoms with Crippen LogP contribution in [0.4, 0.5) is 0 Å². The maximum atomic E-state index is 11.3. The third kappa shape index (κ3) is 5.98. The molecule has 0 radical (unpaired) electrons. The van der Waals surface area contributed by atoms with E-state index in [9.17, 15) is 5.11 Å². The average Bonchev–Trinajstić information content (AvgIpc) is 2.92. The number of aliphatic hydroxyl groups excluding tert-OH is 1. The van der Waals surface area contributed by atoms with E-state index in [0.29, 0.717) is 19.8 Å². The van der Waals surface area contributed by atoms with Crippen LogP contribution in [0.1, 0.15) is 11.1 Å². The maximum absolute atomic E-state index is 11.3. The summed E-state index contributed by atoms with van der Waals surface area (Å²) in [5.74, 6) is 0.576. The minimum absolute atomic E-state index is 0.209. The van der Waals surface area contributed by atoms with Gasteiger partial charge in [0.2, 0.25) is 0 Å². The largest absolute Gasteiger partial charge is 0.493 e. The number of hydrogen-bond donors (Lipinski definition) is 1. The van der Waals surface area contributed by atoms with Crippen LogP contribution in [0, 0.1) is 5.92 Å². The molecule has 0 saturated carbocycles. The summed E-state index contributed by atoms with van der Waals surface area (Å²) in [6, 6.07) is 34.3. The molecule has 1 N–H and O–H groups in total. The van der Waals surface area contributed by atoms with Crippen molar-refractivity contribution < 1.29 is 19.3 Å². The van der Waals surface area contributed by atoms with Crippen molar-refractivity contribution in [1.82, 2.24) is 0 Å². The molecule has 4 heteroatoms. The molecule has 4 aromatic rings. The molecule has 0 heterocycles. The second-order valence-corrected chi connectivity index (χ2v) is 8.88. The van der Waals surface area contributed by atoms with Crippen LogP contribution in [0.25, 0.3) is 10.8 Å². The molecule has 4 nitrogen and oxygen atoms in total. The zero-order valence-electron chi connectivity index (χ0n) is 19.6. The maximum Gasteiger partial charge on any atom is 0.119 e. The number of ether oxygens (including phenoxy) is 3. The molecule has 0 aromatic heterocycles. The van der Waals surface area contributed by atoms with E-state index in [1.165, 1.54) is 5.39 Å². The zero-order valence-corrected chi connectivity index (χ0v) is 19.6. The van der Waals surface area contributed by atoms with Crippen molar-refractivity contribution in [2.75, 3.05) is 6.61 Å². The molecule has 35 heavy (non-hydrogen) atoms. The summed E-state index contributed by atoms with van der Waals surface area (Å²) in [4.78, 5) is 0. The van der Waals surface area contributed by atoms with Crippen LogP contribution in [0.3, 0.4) is 0 Å². The molecule has 0 spiro atoms. The molecule has 1 aliphatic carbocycles. The third-order valence-electron chi connectivity index (χ3n) is 6.38. The summed E-state index contributed by atoms with van der Waals surface area (Å²) in [5, 5.41) is 13.6. The summed E-state index contributed by atoms with van der Waals surface area (Å²) >= 11 is 0. The molecule has 0 bridgehead atoms. The molecular weight excluding hydrogens is 436 g/mol. The van der Waals surface area contributed by atoms with Gasteiger partial charge in [-0.1, -0.05) is 103 Å². The van der Waals surface area contributed by atoms with E-state index in [-0.39, 0.29) is 12.0 Å². The molecule has 0 saturated heterocycles. The van der Waals surface area contributed by atoms with Gasteiger partial charge in [0.15, 0.2) is 0 Å². The Kier molecular flexibility index (Phi) is 7.54. The molecule has 4 unspecified atom stereocenters. The summed E-state index contributed by atoms with van der Waals surface area (Å²) in [6.07, 6.45) is 2.37. The summed E-state index contributed by atoms with van der Waals surface area (Å²) in [5.41, 5.74) is 2.14. The van der Waals surface area contributed by atoms with Crippen molar-refractivity contribution in [2.24, 2.45) is 5.92 Å². The first-order chi connectivity index (χ1) is 17.3. The Balaban J connectivity index is 1.27. The first kappa shape index (κ1) is 23.3. The lowest BCUT2D eigenvalue weighted by Crippen LogP contribution is -2.48. The highest BCUT2D eigenvalue weighted by molar-refractivity contribution is 5.83. The Hall–Kier alpha value is -3.44. The predicted octanol–water partition coefficient (Wildman–Crippen LogP) is 5.94. The lowest BCUT2D eigenvalue weighted by molar-refractivity contribution is -0.134. The lowest BCUT2D eigenvalue weighted by atomic mass is 9.88. The fraction of sp³-hybridized carbons (Fsp3) is 0.226. The van der Waals surface area contributed by atoms with Crippen LogP contribution in [0.15, 0.2) is 115 Å². The van der Waals surface area contributed by atoms with E-state index in [2.05, 4.69) is 18.2 Å². The highest BCUT2D eigenvalue weighted by atomic mass is 16.5. The number of hydrogen-bond acceptors (Lipinski definition) is 4. The Labute approximate surface area is 206 Å². The van der Waals surface area contributed by atoms with Gasteiger partial charge in [0.05, 0.1) is 25.9 Å². The van der Waals surface area contributed by atoms with Gasteiger partial charge in [-0.3, -0.25) is 0 Å². The van der Waals surface area contributed by atoms with Crippen molar-refractivity contribution in [2.45, 2.75) is 31.5 Å². The van der Waals surface area contributed by atoms with Crippen molar-refractivity contribution >= 4 is 10.8 Å². The van der Waals surface area contributed by atoms with Gasteiger partial charge in [-0.15, -0.1) is 0 Å². The van der Waals surface area contributed by atoms with Gasteiger partial charge in [-0.2, -0.15) is 0 Å². The van der Waals surface area contributed by atoms with Crippen LogP contribution >= 0.6 is 0 Å². The highest BCUT2D eigenvalue weighted by Gasteiger charge is 2.37. The topological polar surface area (TPSA) is 47.9 Å². The Morgan fingerprint density at radius 3 is 1.97 bits per heavy atom. The summed E-state index contributed by atoms with van der Waals surface area (Å²) < 4.78 is 18.5. The minimum atomic E-state index is -0.759. The van der Waals surface area contributed by atoms with E-state index in [1.807, 2.05) is 97.1 Å². The number of fused-ring (bicyclic) bond motifs is 1. The van der Waals surface area contributed by atoms with Crippen LogP contribution in [0.5, 0.6) is 5.75 Å². The Morgan fingerprint density at radius 1 is 0.629 bits per heavy atom. The van der Waals surface area contributed by atoms with Crippen molar-refractivity contribution in [3.05, 3.63) is 126 Å². The molecule has 0 amide bonds. The fourth-order valence-electron chi connectivity index (χ4n) is 4.39. The van der Waals surface area contributed by atoms with Crippen LogP contribution in [-0.2, 0) is 22.7 Å². The SMILES string of the molecule is OC1C(COc2ccc3ccccc3c2)C=CC(OCc2ccccc2)C1OCc1ccccc1. The molecule has 1 aliphatic rings. The predicted molar refractivity (Wildman–Crippen MR) is 138 cm³/mol. The van der Waals surface area contributed by atoms with Crippen molar-refractivity contribution in [3.8, 4) is 5.75 Å². The minimum Gasteiger partial charge on any atom is -0.493 e. The second kappa shape index (κ2) is 11.3. The standard InChI is InChI=1S/C31H30O4/c32-30-27(22-33-28-17-15-25-13-7-8-14-26(25)19-28)16-18-29(34-20-23-9-3-1-4-10-23)31(30)35-21-24-11-5-2-6-12-24/h1-19,27,29-32H,20-22H2. The molecule has 4 aromatic carbocycles. The van der Waals surface area contributed by atoms with E-state index in [1.54, 1.807) is 0 Å². The van der Waals surface area contributed by atoms with Crippen LogP contribution in [-0.4, -0.2) is 30.0 Å². The highest BCUT2D eigenvalue weighted by Crippen LogP contribution is 2.27. The summed E-state index contributed by atoms with van der Waals surface area (Å²) in [7, 11) is 0. The number of benzene rings is 4. The zero-order chi connectivity index (χ0) is 23.9. The first-order valence-corrected chi connectivity index (χ1v) is 12.1. The average molecular weight is 467 g/mol. The quantitative estimate of drug-likeness (QED) is 0.310. The van der Waals surface area contributed by atoms with Gasteiger partial charge < -0.3 is 19.3 Å². The number of rotatable bonds is 9. The molecule has 5 rings (SSSR count). The molecule has 178 valence electrons. The van der Waals surface area contributed by atoms with Gasteiger partial charge in [-0.05, 0) is 34.0 Å². The Bertz CT molecular complexity index is 1240. The molecular formula is C31H30O4. The fourth-order valence-corrected chi connectivity index (χ4v) is 4.39. The van der Waals surface area contributed by atoms with E-state index in [0.717, 1.165) is 22.3 Å². The second-order valence-electron chi connectivity index (χ2n) is 8.88. The van der Waals surface area contributed by atoms with Crippen LogP contribution in [0.2, 0.25) is 0 Å². The molecule has 0 aliphatic heterocycles. The van der Waals surface area contributed by atoms with Crippen LogP contribution < -0.4 is 4.74 Å². The van der Waals surface area contributed by atoms with E-state index < -0.39 is 12.2 Å². The van der Waals surface area contributed by atoms with E-state index in [4.69, 9.17) is 14.2 Å². The number of aliphatic hydroxyl groups is 1. The normalized spacial score (nSPS) is 21.7. The van der Waals surface area contributed by atoms with Gasteiger partial charge >= 0.3 is 0 Å². The third-order valence-corrected chi connectivity index (χ3v) is 6.38. The molecule has 0 fully saturated rings. The van der Waals surface area contributed by atoms with Gasteiger partial charge in [0.25, 0.3) is 0 Å². The lowest BCUT2D eigenvalue weighted by Gasteiger charge is -2.36. The molecule has 4 atom stereocenters. The monoisotopic (exact) mass is 466 g/mol. The van der Waals surface area contributed by atoms with Gasteiger partial charge in [0, 0.05) is 5.92 Å². The van der Waals surface area contributed by atoms with Gasteiger partial charge in [0.1, 0.15) is 18.0 Å². The van der Waals surface area contributed by atoms with Crippen molar-refractivity contribution in [1.29, 1.82) is 0 Å². The van der Waals surface area contributed by atoms with Gasteiger partial charge in [-0.25, -0.2) is 0 Å². The Morgan fingerprint density at radius 2 is 1.26 bits per heavy atom.